The van der Waals surface area contributed by atoms with E-state index < -0.39 is 0 Å². The number of hydrogen-bond acceptors (Lipinski definition) is 3. The van der Waals surface area contributed by atoms with E-state index in [1.807, 2.05) is 24.3 Å². The average molecular weight is 489 g/mol. The van der Waals surface area contributed by atoms with Crippen molar-refractivity contribution in [3.05, 3.63) is 29.8 Å². The lowest BCUT2D eigenvalue weighted by atomic mass is 10.1. The minimum absolute atomic E-state index is 0. The van der Waals surface area contributed by atoms with E-state index in [2.05, 4.69) is 46.6 Å². The first-order valence-corrected chi connectivity index (χ1v) is 9.54. The maximum Gasteiger partial charge on any atom is 0.221 e. The molecular weight excluding hydrogens is 453 g/mol. The first-order chi connectivity index (χ1) is 12.5. The number of aliphatic imine (C=N–C) groups is 1. The summed E-state index contributed by atoms with van der Waals surface area (Å²) in [4.78, 5) is 17.9. The molecule has 1 rings (SSSR count). The molecule has 0 spiro atoms. The lowest BCUT2D eigenvalue weighted by Crippen LogP contribution is -2.42. The fraction of sp³-hybridized carbons (Fsp3) is 0.600. The van der Waals surface area contributed by atoms with E-state index in [4.69, 9.17) is 0 Å². The van der Waals surface area contributed by atoms with Gasteiger partial charge in [-0.3, -0.25) is 9.79 Å². The third-order valence-electron chi connectivity index (χ3n) is 4.32. The van der Waals surface area contributed by atoms with Crippen LogP contribution in [0.4, 0.5) is 5.69 Å². The quantitative estimate of drug-likeness (QED) is 0.268. The second kappa shape index (κ2) is 14.7. The fourth-order valence-electron chi connectivity index (χ4n) is 2.81. The Bertz CT molecular complexity index is 575. The molecule has 0 aliphatic heterocycles. The topological polar surface area (TPSA) is 68.8 Å². The summed E-state index contributed by atoms with van der Waals surface area (Å²) in [7, 11) is 1.78. The van der Waals surface area contributed by atoms with Crippen molar-refractivity contribution in [3.63, 3.8) is 0 Å². The van der Waals surface area contributed by atoms with E-state index in [0.29, 0.717) is 12.6 Å². The zero-order valence-electron chi connectivity index (χ0n) is 17.3. The number of nitrogens with zero attached hydrogens (tertiary/aromatic N) is 2. The van der Waals surface area contributed by atoms with Gasteiger partial charge in [-0.1, -0.05) is 26.0 Å². The largest absolute Gasteiger partial charge is 0.354 e. The van der Waals surface area contributed by atoms with Gasteiger partial charge in [-0.2, -0.15) is 0 Å². The molecule has 0 aliphatic carbocycles. The number of anilines is 1. The Morgan fingerprint density at radius 2 is 1.96 bits per heavy atom. The third-order valence-corrected chi connectivity index (χ3v) is 4.32. The highest BCUT2D eigenvalue weighted by Gasteiger charge is 2.07. The van der Waals surface area contributed by atoms with Crippen LogP contribution in [-0.2, 0) is 11.3 Å². The molecule has 27 heavy (non-hydrogen) atoms. The van der Waals surface area contributed by atoms with E-state index in [1.165, 1.54) is 13.3 Å². The van der Waals surface area contributed by atoms with Crippen LogP contribution in [0.1, 0.15) is 46.1 Å². The van der Waals surface area contributed by atoms with Crippen molar-refractivity contribution in [2.24, 2.45) is 4.99 Å². The Labute approximate surface area is 181 Å². The van der Waals surface area contributed by atoms with Crippen molar-refractivity contribution >= 4 is 41.5 Å². The molecule has 1 amide bonds. The van der Waals surface area contributed by atoms with Crippen LogP contribution in [0.15, 0.2) is 29.3 Å². The maximum absolute atomic E-state index is 11.2. The summed E-state index contributed by atoms with van der Waals surface area (Å²) in [5, 5.41) is 9.58. The molecule has 0 bridgehead atoms. The highest BCUT2D eigenvalue weighted by Crippen LogP contribution is 2.10. The number of benzene rings is 1. The molecule has 0 heterocycles. The van der Waals surface area contributed by atoms with Gasteiger partial charge in [-0.25, -0.2) is 0 Å². The van der Waals surface area contributed by atoms with E-state index in [1.54, 1.807) is 7.05 Å². The number of guanidine groups is 1. The molecule has 0 radical (unpaired) electrons. The molecule has 0 fully saturated rings. The van der Waals surface area contributed by atoms with Crippen molar-refractivity contribution in [1.29, 1.82) is 0 Å². The van der Waals surface area contributed by atoms with Gasteiger partial charge in [0.2, 0.25) is 5.91 Å². The Hall–Kier alpha value is -1.35. The predicted octanol–water partition coefficient (Wildman–Crippen LogP) is 3.44. The zero-order chi connectivity index (χ0) is 19.4. The predicted molar refractivity (Wildman–Crippen MR) is 126 cm³/mol. The summed E-state index contributed by atoms with van der Waals surface area (Å²) in [6.45, 7) is 12.1. The number of amides is 1. The van der Waals surface area contributed by atoms with Gasteiger partial charge in [0.25, 0.3) is 0 Å². The lowest BCUT2D eigenvalue weighted by Gasteiger charge is -2.21. The molecule has 3 N–H and O–H groups in total. The van der Waals surface area contributed by atoms with Gasteiger partial charge in [0.1, 0.15) is 0 Å². The molecule has 0 saturated carbocycles. The SMILES string of the molecule is CCN(CC)CCCC(C)NC(=NC)NCc1cccc(NC(C)=O)c1.I. The fourth-order valence-corrected chi connectivity index (χ4v) is 2.81. The first kappa shape index (κ1) is 25.6. The van der Waals surface area contributed by atoms with Crippen molar-refractivity contribution in [1.82, 2.24) is 15.5 Å². The Morgan fingerprint density at radius 1 is 1.26 bits per heavy atom. The summed E-state index contributed by atoms with van der Waals surface area (Å²) in [5.41, 5.74) is 1.90. The van der Waals surface area contributed by atoms with Gasteiger partial charge in [-0.05, 0) is 57.1 Å². The number of hydrogen-bond donors (Lipinski definition) is 3. The molecule has 154 valence electrons. The van der Waals surface area contributed by atoms with Crippen LogP contribution < -0.4 is 16.0 Å². The van der Waals surface area contributed by atoms with Crippen molar-refractivity contribution in [2.45, 2.75) is 53.1 Å². The Kier molecular flexibility index (Phi) is 13.9. The summed E-state index contributed by atoms with van der Waals surface area (Å²) in [5.74, 6) is 0.733. The normalized spacial score (nSPS) is 12.3. The summed E-state index contributed by atoms with van der Waals surface area (Å²) in [6, 6.07) is 8.18. The second-order valence-corrected chi connectivity index (χ2v) is 6.52. The lowest BCUT2D eigenvalue weighted by molar-refractivity contribution is -0.114. The number of rotatable bonds is 10. The summed E-state index contributed by atoms with van der Waals surface area (Å²) in [6.07, 6.45) is 2.28. The van der Waals surface area contributed by atoms with E-state index in [-0.39, 0.29) is 29.9 Å². The van der Waals surface area contributed by atoms with Gasteiger partial charge in [-0.15, -0.1) is 24.0 Å². The summed E-state index contributed by atoms with van der Waals surface area (Å²) < 4.78 is 0. The first-order valence-electron chi connectivity index (χ1n) is 9.54. The Morgan fingerprint density at radius 3 is 2.56 bits per heavy atom. The van der Waals surface area contributed by atoms with E-state index >= 15 is 0 Å². The van der Waals surface area contributed by atoms with Gasteiger partial charge < -0.3 is 20.9 Å². The maximum atomic E-state index is 11.2. The van der Waals surface area contributed by atoms with Crippen LogP contribution in [0.3, 0.4) is 0 Å². The number of carbonyl (C=O) groups excluding carboxylic acids is 1. The van der Waals surface area contributed by atoms with Gasteiger partial charge >= 0.3 is 0 Å². The minimum Gasteiger partial charge on any atom is -0.354 e. The highest BCUT2D eigenvalue weighted by atomic mass is 127. The van der Waals surface area contributed by atoms with Crippen LogP contribution in [0, 0.1) is 0 Å². The molecule has 7 heteroatoms. The molecule has 0 saturated heterocycles. The van der Waals surface area contributed by atoms with Gasteiger partial charge in [0.15, 0.2) is 5.96 Å². The highest BCUT2D eigenvalue weighted by molar-refractivity contribution is 14.0. The van der Waals surface area contributed by atoms with Crippen molar-refractivity contribution in [2.75, 3.05) is 32.0 Å². The van der Waals surface area contributed by atoms with Crippen molar-refractivity contribution in [3.8, 4) is 0 Å². The van der Waals surface area contributed by atoms with Crippen LogP contribution in [-0.4, -0.2) is 49.5 Å². The van der Waals surface area contributed by atoms with Crippen molar-refractivity contribution < 1.29 is 4.79 Å². The van der Waals surface area contributed by atoms with Crippen LogP contribution in [0.25, 0.3) is 0 Å². The van der Waals surface area contributed by atoms with Crippen LogP contribution in [0.5, 0.6) is 0 Å². The standard InChI is InChI=1S/C20H35N5O.HI/c1-6-25(7-2)13-9-10-16(3)23-20(21-5)22-15-18-11-8-12-19(14-18)24-17(4)26;/h8,11-12,14,16H,6-7,9-10,13,15H2,1-5H3,(H,24,26)(H2,21,22,23);1H. The smallest absolute Gasteiger partial charge is 0.221 e. The average Bonchev–Trinajstić information content (AvgIpc) is 2.62. The molecule has 1 unspecified atom stereocenters. The molecule has 1 aromatic carbocycles. The van der Waals surface area contributed by atoms with Crippen LogP contribution >= 0.6 is 24.0 Å². The van der Waals surface area contributed by atoms with E-state index in [0.717, 1.165) is 43.3 Å². The molecule has 0 aromatic heterocycles. The zero-order valence-corrected chi connectivity index (χ0v) is 19.7. The molecule has 6 nitrogen and oxygen atoms in total. The molecule has 0 aliphatic rings. The molecule has 1 atom stereocenters. The Balaban J connectivity index is 0.00000676. The van der Waals surface area contributed by atoms with E-state index in [9.17, 15) is 4.79 Å². The number of nitrogens with one attached hydrogen (secondary N) is 3. The van der Waals surface area contributed by atoms with Gasteiger partial charge in [0, 0.05) is 32.2 Å². The van der Waals surface area contributed by atoms with Crippen LogP contribution in [0.2, 0.25) is 0 Å². The molecular formula is C20H36IN5O. The summed E-state index contributed by atoms with van der Waals surface area (Å²) >= 11 is 0. The van der Waals surface area contributed by atoms with Gasteiger partial charge in [0.05, 0.1) is 0 Å². The number of carbonyl (C=O) groups is 1. The minimum atomic E-state index is -0.0638. The number of halogens is 1. The molecule has 1 aromatic rings. The second-order valence-electron chi connectivity index (χ2n) is 6.52. The third kappa shape index (κ3) is 11.2. The monoisotopic (exact) mass is 489 g/mol.